The van der Waals surface area contributed by atoms with Crippen LogP contribution in [0.4, 0.5) is 0 Å². The van der Waals surface area contributed by atoms with Gasteiger partial charge in [0.1, 0.15) is 0 Å². The maximum Gasteiger partial charge on any atom is 0.339 e. The summed E-state index contributed by atoms with van der Waals surface area (Å²) < 4.78 is 2.57. The van der Waals surface area contributed by atoms with Gasteiger partial charge in [0.05, 0.1) is 27.1 Å². The predicted octanol–water partition coefficient (Wildman–Crippen LogP) is 3.67. The fraction of sp³-hybridized carbons (Fsp3) is 0.231. The van der Waals surface area contributed by atoms with Crippen molar-refractivity contribution in [2.75, 3.05) is 6.26 Å². The second kappa shape index (κ2) is 5.38. The van der Waals surface area contributed by atoms with Crippen molar-refractivity contribution in [3.05, 3.63) is 39.6 Å². The van der Waals surface area contributed by atoms with Crippen molar-refractivity contribution in [1.29, 1.82) is 0 Å². The molecule has 1 N–H and O–H groups in total. The monoisotopic (exact) mass is 340 g/mol. The summed E-state index contributed by atoms with van der Waals surface area (Å²) in [5, 5.41) is 13.8. The number of aryl methyl sites for hydroxylation is 1. The third-order valence-corrected chi connectivity index (χ3v) is 4.80. The fourth-order valence-electron chi connectivity index (χ4n) is 1.94. The summed E-state index contributed by atoms with van der Waals surface area (Å²) in [7, 11) is 0. The molecule has 0 radical (unpaired) electrons. The van der Waals surface area contributed by atoms with Crippen LogP contribution in [0.3, 0.4) is 0 Å². The smallest absolute Gasteiger partial charge is 0.339 e. The molecule has 0 aliphatic heterocycles. The van der Waals surface area contributed by atoms with Gasteiger partial charge in [-0.05, 0) is 48.2 Å². The largest absolute Gasteiger partial charge is 0.478 e. The second-order valence-electron chi connectivity index (χ2n) is 4.06. The summed E-state index contributed by atoms with van der Waals surface area (Å²) in [5.41, 5.74) is 2.60. The molecule has 0 saturated carbocycles. The Morgan fingerprint density at radius 3 is 2.58 bits per heavy atom. The third kappa shape index (κ3) is 2.42. The van der Waals surface area contributed by atoms with E-state index in [1.165, 1.54) is 11.8 Å². The third-order valence-electron chi connectivity index (χ3n) is 2.87. The molecular weight excluding hydrogens is 328 g/mol. The van der Waals surface area contributed by atoms with Crippen LogP contribution in [0.15, 0.2) is 27.6 Å². The Bertz CT molecular complexity index is 652. The van der Waals surface area contributed by atoms with E-state index in [1.54, 1.807) is 16.8 Å². The van der Waals surface area contributed by atoms with Crippen LogP contribution in [0.1, 0.15) is 21.7 Å². The molecule has 4 nitrogen and oxygen atoms in total. The molecule has 0 spiro atoms. The van der Waals surface area contributed by atoms with Gasteiger partial charge >= 0.3 is 5.97 Å². The SMILES string of the molecule is CSc1cccc(-n2nc(C)c(Br)c2C)c1C(=O)O. The van der Waals surface area contributed by atoms with Crippen molar-refractivity contribution in [3.63, 3.8) is 0 Å². The number of aromatic carboxylic acids is 1. The number of hydrogen-bond acceptors (Lipinski definition) is 3. The Balaban J connectivity index is 2.75. The summed E-state index contributed by atoms with van der Waals surface area (Å²) >= 11 is 4.87. The first kappa shape index (κ1) is 14.1. The number of thioether (sulfide) groups is 1. The number of halogens is 1. The average Bonchev–Trinajstić information content (AvgIpc) is 2.65. The molecular formula is C13H13BrN2O2S. The van der Waals surface area contributed by atoms with Crippen molar-refractivity contribution >= 4 is 33.7 Å². The maximum atomic E-state index is 11.5. The first-order chi connectivity index (χ1) is 8.97. The van der Waals surface area contributed by atoms with Crippen molar-refractivity contribution in [1.82, 2.24) is 9.78 Å². The molecule has 0 fully saturated rings. The molecule has 1 aromatic carbocycles. The first-order valence-electron chi connectivity index (χ1n) is 5.59. The van der Waals surface area contributed by atoms with Crippen LogP contribution in [0.5, 0.6) is 0 Å². The minimum atomic E-state index is -0.941. The van der Waals surface area contributed by atoms with Crippen LogP contribution in [0.25, 0.3) is 5.69 Å². The number of carbonyl (C=O) groups is 1. The molecule has 0 unspecified atom stereocenters. The number of benzene rings is 1. The van der Waals surface area contributed by atoms with E-state index in [4.69, 9.17) is 0 Å². The summed E-state index contributed by atoms with van der Waals surface area (Å²) in [6, 6.07) is 5.42. The van der Waals surface area contributed by atoms with Crippen molar-refractivity contribution in [3.8, 4) is 5.69 Å². The zero-order valence-corrected chi connectivity index (χ0v) is 13.2. The lowest BCUT2D eigenvalue weighted by molar-refractivity contribution is 0.0693. The van der Waals surface area contributed by atoms with Crippen molar-refractivity contribution in [2.24, 2.45) is 0 Å². The Morgan fingerprint density at radius 1 is 1.42 bits per heavy atom. The highest BCUT2D eigenvalue weighted by molar-refractivity contribution is 9.10. The van der Waals surface area contributed by atoms with Gasteiger partial charge < -0.3 is 5.11 Å². The Kier molecular flexibility index (Phi) is 4.01. The molecule has 0 amide bonds. The molecule has 2 rings (SSSR count). The standard InChI is InChI=1S/C13H13BrN2O2S/c1-7-12(14)8(2)16(15-7)9-5-4-6-10(19-3)11(9)13(17)18/h4-6H,1-3H3,(H,17,18). The van der Waals surface area contributed by atoms with E-state index >= 15 is 0 Å². The average molecular weight is 341 g/mol. The number of carboxylic acids is 1. The van der Waals surface area contributed by atoms with Gasteiger partial charge in [0.2, 0.25) is 0 Å². The molecule has 0 bridgehead atoms. The molecule has 0 saturated heterocycles. The van der Waals surface area contributed by atoms with Crippen LogP contribution in [0, 0.1) is 13.8 Å². The zero-order chi connectivity index (χ0) is 14.2. The number of aromatic nitrogens is 2. The summed E-state index contributed by atoms with van der Waals surface area (Å²) in [5.74, 6) is -0.941. The van der Waals surface area contributed by atoms with Gasteiger partial charge in [-0.3, -0.25) is 0 Å². The Hall–Kier alpha value is -1.27. The molecule has 1 aromatic heterocycles. The molecule has 0 atom stereocenters. The Labute approximate surface area is 124 Å². The minimum absolute atomic E-state index is 0.285. The topological polar surface area (TPSA) is 55.1 Å². The normalized spacial score (nSPS) is 10.7. The molecule has 6 heteroatoms. The van der Waals surface area contributed by atoms with E-state index in [0.717, 1.165) is 20.8 Å². The van der Waals surface area contributed by atoms with Crippen LogP contribution >= 0.6 is 27.7 Å². The van der Waals surface area contributed by atoms with Crippen molar-refractivity contribution in [2.45, 2.75) is 18.7 Å². The minimum Gasteiger partial charge on any atom is -0.478 e. The highest BCUT2D eigenvalue weighted by Crippen LogP contribution is 2.29. The van der Waals surface area contributed by atoms with E-state index in [-0.39, 0.29) is 5.56 Å². The van der Waals surface area contributed by atoms with Gasteiger partial charge in [-0.1, -0.05) is 6.07 Å². The lowest BCUT2D eigenvalue weighted by Crippen LogP contribution is -2.09. The molecule has 1 heterocycles. The highest BCUT2D eigenvalue weighted by atomic mass is 79.9. The Morgan fingerprint density at radius 2 is 2.11 bits per heavy atom. The number of hydrogen-bond donors (Lipinski definition) is 1. The number of carboxylic acid groups (broad SMARTS) is 1. The van der Waals surface area contributed by atoms with Gasteiger partial charge in [0.25, 0.3) is 0 Å². The number of rotatable bonds is 3. The van der Waals surface area contributed by atoms with Crippen LogP contribution in [-0.4, -0.2) is 27.1 Å². The zero-order valence-electron chi connectivity index (χ0n) is 10.8. The fourth-order valence-corrected chi connectivity index (χ4v) is 2.80. The van der Waals surface area contributed by atoms with E-state index in [9.17, 15) is 9.90 Å². The van der Waals surface area contributed by atoms with E-state index in [2.05, 4.69) is 21.0 Å². The number of nitrogens with zero attached hydrogens (tertiary/aromatic N) is 2. The maximum absolute atomic E-state index is 11.5. The summed E-state index contributed by atoms with van der Waals surface area (Å²) in [6.45, 7) is 3.79. The first-order valence-corrected chi connectivity index (χ1v) is 7.61. The quantitative estimate of drug-likeness (QED) is 0.866. The highest BCUT2D eigenvalue weighted by Gasteiger charge is 2.19. The second-order valence-corrected chi connectivity index (χ2v) is 5.70. The van der Waals surface area contributed by atoms with Crippen LogP contribution < -0.4 is 0 Å². The van der Waals surface area contributed by atoms with E-state index < -0.39 is 5.97 Å². The van der Waals surface area contributed by atoms with Gasteiger partial charge in [-0.15, -0.1) is 11.8 Å². The van der Waals surface area contributed by atoms with Gasteiger partial charge in [-0.2, -0.15) is 5.10 Å². The molecule has 0 aliphatic carbocycles. The van der Waals surface area contributed by atoms with Crippen LogP contribution in [-0.2, 0) is 0 Å². The van der Waals surface area contributed by atoms with Crippen molar-refractivity contribution < 1.29 is 9.90 Å². The van der Waals surface area contributed by atoms with Gasteiger partial charge in [0, 0.05) is 4.90 Å². The lowest BCUT2D eigenvalue weighted by atomic mass is 10.1. The van der Waals surface area contributed by atoms with Crippen LogP contribution in [0.2, 0.25) is 0 Å². The molecule has 19 heavy (non-hydrogen) atoms. The predicted molar refractivity (Wildman–Crippen MR) is 79.5 cm³/mol. The molecule has 2 aromatic rings. The molecule has 0 aliphatic rings. The summed E-state index contributed by atoms with van der Waals surface area (Å²) in [4.78, 5) is 12.2. The van der Waals surface area contributed by atoms with Gasteiger partial charge in [0.15, 0.2) is 0 Å². The van der Waals surface area contributed by atoms with E-state index in [1.807, 2.05) is 26.2 Å². The van der Waals surface area contributed by atoms with Gasteiger partial charge in [-0.25, -0.2) is 9.48 Å². The summed E-state index contributed by atoms with van der Waals surface area (Å²) in [6.07, 6.45) is 1.86. The molecule has 100 valence electrons. The van der Waals surface area contributed by atoms with E-state index in [0.29, 0.717) is 5.69 Å². The lowest BCUT2D eigenvalue weighted by Gasteiger charge is -2.11.